The zero-order valence-electron chi connectivity index (χ0n) is 11.2. The molecule has 0 atom stereocenters. The van der Waals surface area contributed by atoms with Crippen LogP contribution < -0.4 is 10.7 Å². The molecule has 1 aromatic heterocycles. The minimum Gasteiger partial charge on any atom is -0.324 e. The van der Waals surface area contributed by atoms with Crippen LogP contribution in [0.2, 0.25) is 0 Å². The van der Waals surface area contributed by atoms with Gasteiger partial charge in [-0.15, -0.1) is 0 Å². The van der Waals surface area contributed by atoms with Crippen molar-refractivity contribution in [1.29, 1.82) is 0 Å². The summed E-state index contributed by atoms with van der Waals surface area (Å²) in [6.07, 6.45) is 10.6. The fraction of sp³-hybridized carbons (Fsp3) is 0.235. The number of allylic oxidation sites excluding steroid dienone is 2. The summed E-state index contributed by atoms with van der Waals surface area (Å²) >= 11 is 0. The van der Waals surface area contributed by atoms with Crippen LogP contribution in [0, 0.1) is 0 Å². The average Bonchev–Trinajstić information content (AvgIpc) is 2.63. The molecule has 0 saturated carbocycles. The second-order valence-electron chi connectivity index (χ2n) is 4.76. The molecule has 1 heterocycles. The Labute approximate surface area is 113 Å². The van der Waals surface area contributed by atoms with Crippen LogP contribution in [-0.2, 0) is 13.0 Å². The van der Waals surface area contributed by atoms with E-state index in [0.717, 1.165) is 30.6 Å². The van der Waals surface area contributed by atoms with E-state index in [1.165, 1.54) is 10.9 Å². The van der Waals surface area contributed by atoms with Crippen molar-refractivity contribution in [3.05, 3.63) is 64.6 Å². The number of aromatic nitrogens is 2. The van der Waals surface area contributed by atoms with Crippen LogP contribution >= 0.6 is 0 Å². The number of hydrogen-bond acceptors (Lipinski definition) is 1. The van der Waals surface area contributed by atoms with Crippen molar-refractivity contribution in [1.82, 2.24) is 9.55 Å². The van der Waals surface area contributed by atoms with E-state index >= 15 is 0 Å². The molecule has 1 aliphatic rings. The lowest BCUT2D eigenvalue weighted by molar-refractivity contribution is 0.714. The third-order valence-corrected chi connectivity index (χ3v) is 3.45. The number of aryl methyl sites for hydroxylation is 1. The van der Waals surface area contributed by atoms with Crippen molar-refractivity contribution >= 4 is 12.2 Å². The Hall–Kier alpha value is -2.09. The third kappa shape index (κ3) is 2.39. The van der Waals surface area contributed by atoms with E-state index in [9.17, 15) is 0 Å². The van der Waals surface area contributed by atoms with Crippen LogP contribution in [0.3, 0.4) is 0 Å². The fourth-order valence-electron chi connectivity index (χ4n) is 2.50. The topological polar surface area (TPSA) is 17.8 Å². The van der Waals surface area contributed by atoms with E-state index in [0.29, 0.717) is 0 Å². The molecule has 19 heavy (non-hydrogen) atoms. The molecule has 1 aliphatic carbocycles. The summed E-state index contributed by atoms with van der Waals surface area (Å²) in [5.74, 6) is 1.16. The van der Waals surface area contributed by atoms with Crippen molar-refractivity contribution in [2.24, 2.45) is 0 Å². The van der Waals surface area contributed by atoms with Gasteiger partial charge in [0, 0.05) is 13.0 Å². The Balaban J connectivity index is 2.11. The molecule has 0 spiro atoms. The quantitative estimate of drug-likeness (QED) is 0.815. The standard InChI is InChI=1S/C17H18N2/c1-2-17-18-15-11-7-4-8-12-16(15)19(17)13-14-9-5-3-6-10-14/h3-7,9-12H,2,8,13H2,1H3. The highest BCUT2D eigenvalue weighted by molar-refractivity contribution is 5.41. The van der Waals surface area contributed by atoms with Gasteiger partial charge in [0.05, 0.1) is 10.7 Å². The van der Waals surface area contributed by atoms with Crippen LogP contribution in [0.1, 0.15) is 24.7 Å². The molecule has 3 rings (SSSR count). The number of nitrogens with zero attached hydrogens (tertiary/aromatic N) is 2. The van der Waals surface area contributed by atoms with Crippen LogP contribution in [0.15, 0.2) is 42.5 Å². The molecule has 2 heteroatoms. The largest absolute Gasteiger partial charge is 0.324 e. The van der Waals surface area contributed by atoms with Crippen LogP contribution in [0.25, 0.3) is 12.2 Å². The van der Waals surface area contributed by atoms with Gasteiger partial charge in [0.15, 0.2) is 0 Å². The van der Waals surface area contributed by atoms with Gasteiger partial charge in [0.2, 0.25) is 0 Å². The first kappa shape index (κ1) is 12.0. The highest BCUT2D eigenvalue weighted by Gasteiger charge is 2.07. The van der Waals surface area contributed by atoms with Crippen LogP contribution in [0.4, 0.5) is 0 Å². The van der Waals surface area contributed by atoms with E-state index in [-0.39, 0.29) is 0 Å². The Morgan fingerprint density at radius 3 is 2.84 bits per heavy atom. The number of rotatable bonds is 3. The van der Waals surface area contributed by atoms with E-state index in [4.69, 9.17) is 4.98 Å². The van der Waals surface area contributed by atoms with E-state index < -0.39 is 0 Å². The van der Waals surface area contributed by atoms with E-state index in [1.54, 1.807) is 0 Å². The summed E-state index contributed by atoms with van der Waals surface area (Å²) in [6.45, 7) is 3.07. The summed E-state index contributed by atoms with van der Waals surface area (Å²) in [7, 11) is 0. The summed E-state index contributed by atoms with van der Waals surface area (Å²) in [5, 5.41) is 2.35. The summed E-state index contributed by atoms with van der Waals surface area (Å²) in [5.41, 5.74) is 1.32. The highest BCUT2D eigenvalue weighted by atomic mass is 15.1. The van der Waals surface area contributed by atoms with Gasteiger partial charge in [0.1, 0.15) is 5.82 Å². The van der Waals surface area contributed by atoms with Gasteiger partial charge in [-0.1, -0.05) is 55.5 Å². The van der Waals surface area contributed by atoms with Gasteiger partial charge in [-0.25, -0.2) is 4.98 Å². The Morgan fingerprint density at radius 2 is 2.05 bits per heavy atom. The van der Waals surface area contributed by atoms with Crippen molar-refractivity contribution < 1.29 is 0 Å². The van der Waals surface area contributed by atoms with Crippen LogP contribution in [-0.4, -0.2) is 9.55 Å². The van der Waals surface area contributed by atoms with E-state index in [1.807, 2.05) is 0 Å². The Bertz CT molecular complexity index is 706. The predicted molar refractivity (Wildman–Crippen MR) is 79.1 cm³/mol. The minimum atomic E-state index is 0.899. The van der Waals surface area contributed by atoms with Crippen molar-refractivity contribution in [2.45, 2.75) is 26.3 Å². The second kappa shape index (κ2) is 5.27. The predicted octanol–water partition coefficient (Wildman–Crippen LogP) is 2.01. The number of hydrogen-bond donors (Lipinski definition) is 0. The molecule has 0 unspecified atom stereocenters. The molecule has 0 N–H and O–H groups in total. The smallest absolute Gasteiger partial charge is 0.109 e. The zero-order chi connectivity index (χ0) is 13.1. The Kier molecular flexibility index (Phi) is 3.32. The first-order valence-corrected chi connectivity index (χ1v) is 6.85. The van der Waals surface area contributed by atoms with Crippen molar-refractivity contribution in [3.63, 3.8) is 0 Å². The molecule has 2 nitrogen and oxygen atoms in total. The molecule has 0 radical (unpaired) electrons. The van der Waals surface area contributed by atoms with Crippen LogP contribution in [0.5, 0.6) is 0 Å². The van der Waals surface area contributed by atoms with Crippen molar-refractivity contribution in [2.75, 3.05) is 0 Å². The SMILES string of the molecule is CCc1nc2c(n1Cc1ccccc1)=CCC=CC=2. The first-order chi connectivity index (χ1) is 9.38. The molecule has 0 fully saturated rings. The van der Waals surface area contributed by atoms with Gasteiger partial charge in [0.25, 0.3) is 0 Å². The zero-order valence-corrected chi connectivity index (χ0v) is 11.2. The maximum Gasteiger partial charge on any atom is 0.109 e. The highest BCUT2D eigenvalue weighted by Crippen LogP contribution is 2.03. The summed E-state index contributed by atoms with van der Waals surface area (Å²) < 4.78 is 2.34. The van der Waals surface area contributed by atoms with Crippen molar-refractivity contribution in [3.8, 4) is 0 Å². The Morgan fingerprint density at radius 1 is 1.21 bits per heavy atom. The molecular formula is C17H18N2. The molecular weight excluding hydrogens is 232 g/mol. The van der Waals surface area contributed by atoms with Gasteiger partial charge >= 0.3 is 0 Å². The summed E-state index contributed by atoms with van der Waals surface area (Å²) in [6, 6.07) is 10.6. The third-order valence-electron chi connectivity index (χ3n) is 3.45. The minimum absolute atomic E-state index is 0.899. The monoisotopic (exact) mass is 250 g/mol. The van der Waals surface area contributed by atoms with Gasteiger partial charge in [-0.2, -0.15) is 0 Å². The van der Waals surface area contributed by atoms with Gasteiger partial charge in [-0.3, -0.25) is 0 Å². The molecule has 0 amide bonds. The lowest BCUT2D eigenvalue weighted by atomic mass is 10.2. The molecule has 2 aromatic rings. The molecule has 0 aliphatic heterocycles. The first-order valence-electron chi connectivity index (χ1n) is 6.85. The molecule has 96 valence electrons. The lowest BCUT2D eigenvalue weighted by Crippen LogP contribution is -2.30. The fourth-order valence-corrected chi connectivity index (χ4v) is 2.50. The van der Waals surface area contributed by atoms with E-state index in [2.05, 4.69) is 66.1 Å². The maximum atomic E-state index is 4.75. The number of fused-ring (bicyclic) bond motifs is 1. The molecule has 1 aromatic carbocycles. The normalized spacial score (nSPS) is 13.3. The lowest BCUT2D eigenvalue weighted by Gasteiger charge is -2.07. The average molecular weight is 250 g/mol. The summed E-state index contributed by atoms with van der Waals surface area (Å²) in [4.78, 5) is 4.75. The molecule has 0 bridgehead atoms. The number of imidazole rings is 1. The maximum absolute atomic E-state index is 4.75. The van der Waals surface area contributed by atoms with Gasteiger partial charge in [-0.05, 0) is 18.1 Å². The molecule has 0 saturated heterocycles. The number of benzene rings is 1. The van der Waals surface area contributed by atoms with Gasteiger partial charge < -0.3 is 4.57 Å². The second-order valence-corrected chi connectivity index (χ2v) is 4.76.